The Morgan fingerprint density at radius 1 is 1.15 bits per heavy atom. The fourth-order valence-corrected chi connectivity index (χ4v) is 3.38. The highest BCUT2D eigenvalue weighted by Gasteiger charge is 2.23. The molecule has 0 aliphatic carbocycles. The van der Waals surface area contributed by atoms with Gasteiger partial charge in [0.2, 0.25) is 0 Å². The van der Waals surface area contributed by atoms with Crippen LogP contribution in [-0.4, -0.2) is 43.7 Å². The zero-order valence-corrected chi connectivity index (χ0v) is 15.3. The highest BCUT2D eigenvalue weighted by molar-refractivity contribution is 5.95. The molecule has 0 bridgehead atoms. The Morgan fingerprint density at radius 3 is 2.50 bits per heavy atom. The number of hydrogen-bond acceptors (Lipinski definition) is 3. The van der Waals surface area contributed by atoms with E-state index in [2.05, 4.69) is 10.2 Å². The molecule has 3 rings (SSSR count). The Labute approximate surface area is 154 Å². The zero-order valence-electron chi connectivity index (χ0n) is 15.3. The molecule has 0 aromatic heterocycles. The van der Waals surface area contributed by atoms with E-state index in [0.29, 0.717) is 25.3 Å². The molecule has 0 spiro atoms. The van der Waals surface area contributed by atoms with Crippen molar-refractivity contribution in [2.45, 2.75) is 19.9 Å². The van der Waals surface area contributed by atoms with Gasteiger partial charge in [-0.15, -0.1) is 0 Å². The number of nitrogens with one attached hydrogen (secondary N) is 1. The van der Waals surface area contributed by atoms with Gasteiger partial charge in [0.25, 0.3) is 5.91 Å². The first kappa shape index (κ1) is 18.5. The summed E-state index contributed by atoms with van der Waals surface area (Å²) in [5.74, 6) is -0.336. The Bertz CT molecular complexity index is 755. The summed E-state index contributed by atoms with van der Waals surface area (Å²) in [4.78, 5) is 14.9. The standard InChI is InChI=1S/C21H25FN2O2/c1-15-3-8-19(16(2)13-15)21(25)23-14-20(24-9-11-26-12-10-24)17-4-6-18(22)7-5-17/h3-8,13,20H,9-12,14H2,1-2H3,(H,23,25)/t20-/m0/s1. The lowest BCUT2D eigenvalue weighted by atomic mass is 10.0. The average molecular weight is 356 g/mol. The van der Waals surface area contributed by atoms with Gasteiger partial charge in [-0.1, -0.05) is 29.8 Å². The fraction of sp³-hybridized carbons (Fsp3) is 0.381. The van der Waals surface area contributed by atoms with Crippen LogP contribution in [0.4, 0.5) is 4.39 Å². The Morgan fingerprint density at radius 2 is 1.85 bits per heavy atom. The van der Waals surface area contributed by atoms with Crippen LogP contribution in [0.3, 0.4) is 0 Å². The monoisotopic (exact) mass is 356 g/mol. The predicted molar refractivity (Wildman–Crippen MR) is 99.8 cm³/mol. The molecule has 0 saturated carbocycles. The van der Waals surface area contributed by atoms with E-state index in [1.165, 1.54) is 12.1 Å². The van der Waals surface area contributed by atoms with E-state index in [4.69, 9.17) is 4.74 Å². The van der Waals surface area contributed by atoms with Crippen molar-refractivity contribution in [1.29, 1.82) is 0 Å². The number of amides is 1. The third-order valence-electron chi connectivity index (χ3n) is 4.82. The Balaban J connectivity index is 1.74. The van der Waals surface area contributed by atoms with Gasteiger partial charge in [0.05, 0.1) is 19.3 Å². The number of carbonyl (C=O) groups is 1. The molecule has 2 aromatic carbocycles. The molecule has 1 atom stereocenters. The second-order valence-electron chi connectivity index (χ2n) is 6.74. The van der Waals surface area contributed by atoms with E-state index >= 15 is 0 Å². The van der Waals surface area contributed by atoms with E-state index in [1.807, 2.05) is 32.0 Å². The first-order chi connectivity index (χ1) is 12.5. The van der Waals surface area contributed by atoms with Crippen molar-refractivity contribution in [2.24, 2.45) is 0 Å². The molecule has 26 heavy (non-hydrogen) atoms. The van der Waals surface area contributed by atoms with Gasteiger partial charge < -0.3 is 10.1 Å². The summed E-state index contributed by atoms with van der Waals surface area (Å²) in [6.45, 7) is 7.35. The van der Waals surface area contributed by atoms with Crippen LogP contribution in [0.25, 0.3) is 0 Å². The SMILES string of the molecule is Cc1ccc(C(=O)NC[C@@H](c2ccc(F)cc2)N2CCOCC2)c(C)c1. The van der Waals surface area contributed by atoms with Crippen molar-refractivity contribution >= 4 is 5.91 Å². The van der Waals surface area contributed by atoms with Crippen LogP contribution >= 0.6 is 0 Å². The van der Waals surface area contributed by atoms with Gasteiger partial charge in [0.15, 0.2) is 0 Å². The lowest BCUT2D eigenvalue weighted by Gasteiger charge is -2.35. The lowest BCUT2D eigenvalue weighted by Crippen LogP contribution is -2.43. The zero-order chi connectivity index (χ0) is 18.5. The number of aryl methyl sites for hydroxylation is 2. The molecular weight excluding hydrogens is 331 g/mol. The molecule has 5 heteroatoms. The molecule has 0 unspecified atom stereocenters. The maximum Gasteiger partial charge on any atom is 0.251 e. The summed E-state index contributed by atoms with van der Waals surface area (Å²) < 4.78 is 18.7. The van der Waals surface area contributed by atoms with Crippen LogP contribution in [0.15, 0.2) is 42.5 Å². The summed E-state index contributed by atoms with van der Waals surface area (Å²) in [6, 6.07) is 12.3. The molecule has 1 saturated heterocycles. The molecule has 1 fully saturated rings. The second-order valence-corrected chi connectivity index (χ2v) is 6.74. The third-order valence-corrected chi connectivity index (χ3v) is 4.82. The first-order valence-corrected chi connectivity index (χ1v) is 8.97. The van der Waals surface area contributed by atoms with E-state index < -0.39 is 0 Å². The van der Waals surface area contributed by atoms with Crippen molar-refractivity contribution in [3.63, 3.8) is 0 Å². The molecular formula is C21H25FN2O2. The van der Waals surface area contributed by atoms with Crippen LogP contribution < -0.4 is 5.32 Å². The molecule has 1 heterocycles. The minimum atomic E-state index is -0.256. The maximum atomic E-state index is 13.3. The van der Waals surface area contributed by atoms with Crippen LogP contribution in [0.2, 0.25) is 0 Å². The number of rotatable bonds is 5. The number of ether oxygens (including phenoxy) is 1. The maximum absolute atomic E-state index is 13.3. The van der Waals surface area contributed by atoms with Crippen LogP contribution in [0, 0.1) is 19.7 Å². The molecule has 4 nitrogen and oxygen atoms in total. The molecule has 0 radical (unpaired) electrons. The van der Waals surface area contributed by atoms with Gasteiger partial charge in [-0.3, -0.25) is 9.69 Å². The third kappa shape index (κ3) is 4.48. The summed E-state index contributed by atoms with van der Waals surface area (Å²) >= 11 is 0. The normalized spacial score (nSPS) is 16.3. The smallest absolute Gasteiger partial charge is 0.251 e. The number of morpholine rings is 1. The molecule has 1 N–H and O–H groups in total. The first-order valence-electron chi connectivity index (χ1n) is 8.97. The van der Waals surface area contributed by atoms with Gasteiger partial charge in [-0.2, -0.15) is 0 Å². The number of carbonyl (C=O) groups excluding carboxylic acids is 1. The lowest BCUT2D eigenvalue weighted by molar-refractivity contribution is 0.0162. The molecule has 1 amide bonds. The van der Waals surface area contributed by atoms with E-state index in [0.717, 1.165) is 29.8 Å². The molecule has 1 aliphatic heterocycles. The van der Waals surface area contributed by atoms with E-state index in [1.54, 1.807) is 12.1 Å². The van der Waals surface area contributed by atoms with E-state index in [-0.39, 0.29) is 17.8 Å². The van der Waals surface area contributed by atoms with Crippen LogP contribution in [0.1, 0.15) is 33.1 Å². The fourth-order valence-electron chi connectivity index (χ4n) is 3.38. The Kier molecular flexibility index (Phi) is 6.01. The highest BCUT2D eigenvalue weighted by atomic mass is 19.1. The number of nitrogens with zero attached hydrogens (tertiary/aromatic N) is 1. The predicted octanol–water partition coefficient (Wildman–Crippen LogP) is 3.25. The highest BCUT2D eigenvalue weighted by Crippen LogP contribution is 2.22. The summed E-state index contributed by atoms with van der Waals surface area (Å²) in [5.41, 5.74) is 3.79. The largest absolute Gasteiger partial charge is 0.379 e. The van der Waals surface area contributed by atoms with Gasteiger partial charge in [-0.05, 0) is 43.2 Å². The van der Waals surface area contributed by atoms with Crippen molar-refractivity contribution in [2.75, 3.05) is 32.8 Å². The molecule has 1 aliphatic rings. The van der Waals surface area contributed by atoms with Crippen LogP contribution in [0.5, 0.6) is 0 Å². The van der Waals surface area contributed by atoms with Gasteiger partial charge in [0.1, 0.15) is 5.82 Å². The second kappa shape index (κ2) is 8.43. The number of benzene rings is 2. The molecule has 138 valence electrons. The number of halogens is 1. The van der Waals surface area contributed by atoms with Gasteiger partial charge in [0, 0.05) is 25.2 Å². The van der Waals surface area contributed by atoms with Crippen molar-refractivity contribution < 1.29 is 13.9 Å². The summed E-state index contributed by atoms with van der Waals surface area (Å²) in [7, 11) is 0. The summed E-state index contributed by atoms with van der Waals surface area (Å²) in [6.07, 6.45) is 0. The van der Waals surface area contributed by atoms with Crippen molar-refractivity contribution in [3.05, 3.63) is 70.5 Å². The topological polar surface area (TPSA) is 41.6 Å². The van der Waals surface area contributed by atoms with E-state index in [9.17, 15) is 9.18 Å². The minimum Gasteiger partial charge on any atom is -0.379 e. The molecule has 2 aromatic rings. The minimum absolute atomic E-state index is 0.00537. The van der Waals surface area contributed by atoms with Crippen LogP contribution in [-0.2, 0) is 4.74 Å². The van der Waals surface area contributed by atoms with Crippen molar-refractivity contribution in [3.8, 4) is 0 Å². The Hall–Kier alpha value is -2.24. The van der Waals surface area contributed by atoms with Gasteiger partial charge in [-0.25, -0.2) is 4.39 Å². The number of hydrogen-bond donors (Lipinski definition) is 1. The average Bonchev–Trinajstić information content (AvgIpc) is 2.64. The van der Waals surface area contributed by atoms with Gasteiger partial charge >= 0.3 is 0 Å². The quantitative estimate of drug-likeness (QED) is 0.894. The summed E-state index contributed by atoms with van der Waals surface area (Å²) in [5, 5.41) is 3.05. The van der Waals surface area contributed by atoms with Crippen molar-refractivity contribution in [1.82, 2.24) is 10.2 Å².